The van der Waals surface area contributed by atoms with Crippen molar-refractivity contribution in [3.8, 4) is 0 Å². The van der Waals surface area contributed by atoms with Crippen molar-refractivity contribution in [1.82, 2.24) is 10.2 Å². The molecule has 1 aromatic carbocycles. The average Bonchev–Trinajstić information content (AvgIpc) is 2.61. The van der Waals surface area contributed by atoms with Crippen molar-refractivity contribution in [2.24, 2.45) is 0 Å². The molecule has 14 heavy (non-hydrogen) atoms. The summed E-state index contributed by atoms with van der Waals surface area (Å²) in [6.07, 6.45) is 0.405. The van der Waals surface area contributed by atoms with Gasteiger partial charge in [-0.2, -0.15) is 5.10 Å². The summed E-state index contributed by atoms with van der Waals surface area (Å²) >= 11 is 0. The van der Waals surface area contributed by atoms with E-state index in [1.807, 2.05) is 24.3 Å². The maximum Gasteiger partial charge on any atom is 0.106 e. The zero-order chi connectivity index (χ0) is 10.2. The highest BCUT2D eigenvalue weighted by Crippen LogP contribution is 2.28. The Kier molecular flexibility index (Phi) is 2.04. The van der Waals surface area contributed by atoms with Crippen molar-refractivity contribution in [2.45, 2.75) is 18.9 Å². The Morgan fingerprint density at radius 2 is 2.21 bits per heavy atom. The second kappa shape index (κ2) is 3.10. The molecule has 3 nitrogen and oxygen atoms in total. The minimum absolute atomic E-state index is 0.405. The van der Waals surface area contributed by atoms with E-state index in [-0.39, 0.29) is 0 Å². The van der Waals surface area contributed by atoms with Gasteiger partial charge in [0.25, 0.3) is 0 Å². The van der Waals surface area contributed by atoms with Gasteiger partial charge in [0, 0.05) is 5.39 Å². The highest BCUT2D eigenvalue weighted by atomic mass is 16.3. The van der Waals surface area contributed by atoms with Gasteiger partial charge < -0.3 is 5.11 Å². The predicted molar refractivity (Wildman–Crippen MR) is 55.6 cm³/mol. The molecule has 3 heteroatoms. The van der Waals surface area contributed by atoms with Crippen LogP contribution in [-0.2, 0) is 5.60 Å². The summed E-state index contributed by atoms with van der Waals surface area (Å²) in [5.74, 6) is 0. The fourth-order valence-corrected chi connectivity index (χ4v) is 1.49. The number of para-hydroxylation sites is 1. The maximum atomic E-state index is 10.0. The Balaban J connectivity index is 2.64. The smallest absolute Gasteiger partial charge is 0.106 e. The van der Waals surface area contributed by atoms with E-state index in [2.05, 4.69) is 17.1 Å². The molecule has 2 rings (SSSR count). The van der Waals surface area contributed by atoms with Gasteiger partial charge in [-0.1, -0.05) is 25.1 Å². The lowest BCUT2D eigenvalue weighted by Crippen LogP contribution is -2.20. The van der Waals surface area contributed by atoms with Crippen LogP contribution in [0, 0.1) is 6.92 Å². The van der Waals surface area contributed by atoms with Crippen LogP contribution in [-0.4, -0.2) is 15.3 Å². The van der Waals surface area contributed by atoms with Crippen LogP contribution in [0.1, 0.15) is 19.0 Å². The van der Waals surface area contributed by atoms with Crippen LogP contribution in [0.25, 0.3) is 10.9 Å². The number of hydrogen-bond acceptors (Lipinski definition) is 2. The summed E-state index contributed by atoms with van der Waals surface area (Å²) < 4.78 is 0. The average molecular weight is 189 g/mol. The number of aliphatic hydroxyl groups is 1. The number of rotatable bonds is 2. The molecule has 2 aromatic rings. The summed E-state index contributed by atoms with van der Waals surface area (Å²) in [6, 6.07) is 7.74. The number of H-pyrrole nitrogens is 1. The molecule has 0 aliphatic rings. The number of hydrogen-bond donors (Lipinski definition) is 2. The number of nitrogens with zero attached hydrogens (tertiary/aromatic N) is 1. The van der Waals surface area contributed by atoms with E-state index in [0.717, 1.165) is 10.9 Å². The molecule has 1 atom stereocenters. The van der Waals surface area contributed by atoms with Crippen LogP contribution in [0.3, 0.4) is 0 Å². The number of aromatic amines is 1. The maximum absolute atomic E-state index is 10.0. The lowest BCUT2D eigenvalue weighted by atomic mass is 9.96. The van der Waals surface area contributed by atoms with Gasteiger partial charge in [0.15, 0.2) is 0 Å². The molecule has 0 saturated heterocycles. The largest absolute Gasteiger partial charge is 0.384 e. The monoisotopic (exact) mass is 189 g/mol. The van der Waals surface area contributed by atoms with Crippen LogP contribution < -0.4 is 0 Å². The molecule has 1 radical (unpaired) electrons. The summed E-state index contributed by atoms with van der Waals surface area (Å²) in [4.78, 5) is 0. The Morgan fingerprint density at radius 3 is 2.93 bits per heavy atom. The van der Waals surface area contributed by atoms with Crippen molar-refractivity contribution in [3.05, 3.63) is 36.9 Å². The van der Waals surface area contributed by atoms with E-state index in [1.54, 1.807) is 6.92 Å². The quantitative estimate of drug-likeness (QED) is 0.759. The van der Waals surface area contributed by atoms with E-state index in [0.29, 0.717) is 12.1 Å². The summed E-state index contributed by atoms with van der Waals surface area (Å²) in [6.45, 7) is 5.44. The number of fused-ring (bicyclic) bond motifs is 1. The Labute approximate surface area is 82.8 Å². The number of aromatic nitrogens is 2. The van der Waals surface area contributed by atoms with Gasteiger partial charge in [0.05, 0.1) is 5.52 Å². The van der Waals surface area contributed by atoms with Gasteiger partial charge in [-0.15, -0.1) is 0 Å². The number of nitrogens with one attached hydrogen (secondary N) is 1. The third-order valence-corrected chi connectivity index (χ3v) is 2.47. The molecule has 73 valence electrons. The highest BCUT2D eigenvalue weighted by Gasteiger charge is 2.25. The molecule has 0 saturated carbocycles. The first kappa shape index (κ1) is 9.21. The van der Waals surface area contributed by atoms with Crippen molar-refractivity contribution in [2.75, 3.05) is 0 Å². The molecule has 1 heterocycles. The lowest BCUT2D eigenvalue weighted by Gasteiger charge is -2.18. The molecular weight excluding hydrogens is 176 g/mol. The molecule has 0 bridgehead atoms. The summed E-state index contributed by atoms with van der Waals surface area (Å²) in [7, 11) is 0. The molecule has 0 amide bonds. The normalized spacial score (nSPS) is 15.6. The van der Waals surface area contributed by atoms with Gasteiger partial charge in [-0.3, -0.25) is 5.10 Å². The first-order valence-corrected chi connectivity index (χ1v) is 4.60. The van der Waals surface area contributed by atoms with Gasteiger partial charge in [0.2, 0.25) is 0 Å². The van der Waals surface area contributed by atoms with Crippen LogP contribution in [0.2, 0.25) is 0 Å². The summed E-state index contributed by atoms with van der Waals surface area (Å²) in [5.41, 5.74) is 0.652. The molecule has 0 fully saturated rings. The second-order valence-corrected chi connectivity index (χ2v) is 3.64. The lowest BCUT2D eigenvalue weighted by molar-refractivity contribution is 0.0566. The van der Waals surface area contributed by atoms with E-state index < -0.39 is 5.60 Å². The first-order chi connectivity index (χ1) is 6.65. The molecule has 1 unspecified atom stereocenters. The van der Waals surface area contributed by atoms with E-state index >= 15 is 0 Å². The molecule has 0 aliphatic carbocycles. The zero-order valence-electron chi connectivity index (χ0n) is 8.12. The van der Waals surface area contributed by atoms with Crippen molar-refractivity contribution in [1.29, 1.82) is 0 Å². The highest BCUT2D eigenvalue weighted by molar-refractivity contribution is 5.81. The van der Waals surface area contributed by atoms with E-state index in [1.165, 1.54) is 0 Å². The van der Waals surface area contributed by atoms with Crippen molar-refractivity contribution in [3.63, 3.8) is 0 Å². The topological polar surface area (TPSA) is 48.9 Å². The van der Waals surface area contributed by atoms with Gasteiger partial charge in [-0.05, 0) is 19.4 Å². The fourth-order valence-electron chi connectivity index (χ4n) is 1.49. The first-order valence-electron chi connectivity index (χ1n) is 4.60. The Morgan fingerprint density at radius 1 is 1.50 bits per heavy atom. The molecule has 1 aromatic heterocycles. The van der Waals surface area contributed by atoms with E-state index in [4.69, 9.17) is 0 Å². The molecule has 2 N–H and O–H groups in total. The molecule has 0 spiro atoms. The van der Waals surface area contributed by atoms with Crippen molar-refractivity contribution >= 4 is 10.9 Å². The standard InChI is InChI=1S/C11H13N2O/c1-3-11(2,14)10-8-6-4-5-7-9(8)12-13-10/h4-7,14H,1,3H2,2H3,(H,12,13). The van der Waals surface area contributed by atoms with Crippen LogP contribution in [0.15, 0.2) is 24.3 Å². The molecular formula is C11H13N2O. The van der Waals surface area contributed by atoms with E-state index in [9.17, 15) is 5.11 Å². The van der Waals surface area contributed by atoms with Crippen LogP contribution >= 0.6 is 0 Å². The fraction of sp³-hybridized carbons (Fsp3) is 0.273. The third-order valence-electron chi connectivity index (χ3n) is 2.47. The SMILES string of the molecule is [CH2]CC(C)(O)c1n[nH]c2ccccc12. The Hall–Kier alpha value is -1.35. The van der Waals surface area contributed by atoms with Crippen LogP contribution in [0.5, 0.6) is 0 Å². The van der Waals surface area contributed by atoms with Crippen LogP contribution in [0.4, 0.5) is 0 Å². The van der Waals surface area contributed by atoms with Gasteiger partial charge in [-0.25, -0.2) is 0 Å². The van der Waals surface area contributed by atoms with Gasteiger partial charge in [0.1, 0.15) is 11.3 Å². The van der Waals surface area contributed by atoms with Gasteiger partial charge >= 0.3 is 0 Å². The minimum Gasteiger partial charge on any atom is -0.384 e. The van der Waals surface area contributed by atoms with Crippen molar-refractivity contribution < 1.29 is 5.11 Å². The minimum atomic E-state index is -0.959. The third kappa shape index (κ3) is 1.30. The Bertz CT molecular complexity index is 445. The second-order valence-electron chi connectivity index (χ2n) is 3.64. The summed E-state index contributed by atoms with van der Waals surface area (Å²) in [5, 5.41) is 18.0. The number of benzene rings is 1. The molecule has 0 aliphatic heterocycles. The predicted octanol–water partition coefficient (Wildman–Crippen LogP) is 1.99. The zero-order valence-corrected chi connectivity index (χ0v) is 8.12.